The Morgan fingerprint density at radius 2 is 0.333 bits per heavy atom. The zero-order chi connectivity index (χ0) is 97.3. The summed E-state index contributed by atoms with van der Waals surface area (Å²) in [5.74, 6) is 0.632. The Balaban J connectivity index is 0.494. The first-order chi connectivity index (χ1) is 72.1. The quantitative estimate of drug-likeness (QED) is 0.122. The highest BCUT2D eigenvalue weighted by atomic mass is 15.0. The van der Waals surface area contributed by atoms with Crippen molar-refractivity contribution in [1.29, 1.82) is 0 Å². The Bertz CT molecular complexity index is 9640. The molecule has 3 aliphatic rings. The summed E-state index contributed by atoms with van der Waals surface area (Å²) >= 11 is 0. The summed E-state index contributed by atoms with van der Waals surface area (Å²) in [5, 5.41) is 14.5. The Hall–Kier alpha value is -18.5. The van der Waals surface area contributed by atoms with Gasteiger partial charge in [0.25, 0.3) is 0 Å². The summed E-state index contributed by atoms with van der Waals surface area (Å²) in [6.07, 6.45) is 0. The first-order valence-corrected chi connectivity index (χ1v) is 51.3. The second kappa shape index (κ2) is 30.8. The maximum Gasteiger partial charge on any atom is 0.160 e. The van der Waals surface area contributed by atoms with Crippen molar-refractivity contribution in [3.05, 3.63) is 494 Å². The number of hydrogen-bond donors (Lipinski definition) is 0. The number of para-hydroxylation sites is 6. The lowest BCUT2D eigenvalue weighted by Crippen LogP contribution is -2.15. The second-order valence-corrected chi connectivity index (χ2v) is 42.3. The van der Waals surface area contributed by atoms with Gasteiger partial charge in [0, 0.05) is 132 Å². The topological polar surface area (TPSA) is 55.4 Å². The molecule has 147 heavy (non-hydrogen) atoms. The number of hydrogen-bond acceptors (Lipinski definition) is 2. The molecule has 690 valence electrons. The second-order valence-electron chi connectivity index (χ2n) is 42.3. The van der Waals surface area contributed by atoms with E-state index in [1.165, 1.54) is 215 Å². The summed E-state index contributed by atoms with van der Waals surface area (Å²) in [4.78, 5) is 11.2. The number of fused-ring (bicyclic) bond motifs is 27. The van der Waals surface area contributed by atoms with Crippen LogP contribution in [0.3, 0.4) is 0 Å². The third-order valence-corrected chi connectivity index (χ3v) is 33.5. The molecule has 0 saturated carbocycles. The fraction of sp³-hybridized carbons (Fsp3) is 0.0647. The average molecular weight is 1880 g/mol. The molecular weight excluding hydrogens is 1780 g/mol. The first kappa shape index (κ1) is 83.2. The molecule has 21 aromatic carbocycles. The van der Waals surface area contributed by atoms with Gasteiger partial charge in [0.05, 0.1) is 77.6 Å². The smallest absolute Gasteiger partial charge is 0.160 e. The maximum atomic E-state index is 5.60. The van der Waals surface area contributed by atoms with Crippen LogP contribution in [0.5, 0.6) is 0 Å². The van der Waals surface area contributed by atoms with E-state index < -0.39 is 0 Å². The van der Waals surface area contributed by atoms with Crippen LogP contribution in [0.4, 0.5) is 0 Å². The van der Waals surface area contributed by atoms with Crippen LogP contribution in [-0.4, -0.2) is 37.4 Å². The van der Waals surface area contributed by atoms with Gasteiger partial charge in [-0.15, -0.1) is 0 Å². The minimum absolute atomic E-state index is 0.117. The largest absolute Gasteiger partial charge is 0.309 e. The lowest BCUT2D eigenvalue weighted by molar-refractivity contribution is 0.660. The van der Waals surface area contributed by atoms with Gasteiger partial charge in [0.2, 0.25) is 0 Å². The van der Waals surface area contributed by atoms with Crippen LogP contribution in [0.2, 0.25) is 0 Å². The van der Waals surface area contributed by atoms with Crippen molar-refractivity contribution in [2.75, 3.05) is 0 Å². The van der Waals surface area contributed by atoms with Crippen molar-refractivity contribution >= 4 is 131 Å². The normalized spacial score (nSPS) is 13.7. The monoisotopic (exact) mass is 1870 g/mol. The molecule has 0 radical (unpaired) electrons. The highest BCUT2D eigenvalue weighted by Gasteiger charge is 2.40. The lowest BCUT2D eigenvalue weighted by atomic mass is 9.82. The van der Waals surface area contributed by atoms with Crippen LogP contribution in [0.25, 0.3) is 266 Å². The molecule has 0 amide bonds. The minimum atomic E-state index is -0.117. The summed E-state index contributed by atoms with van der Waals surface area (Å²) in [6, 6.07) is 173. The molecule has 0 unspecified atom stereocenters. The van der Waals surface area contributed by atoms with Crippen LogP contribution < -0.4 is 0 Å². The molecule has 28 aromatic rings. The molecule has 0 atom stereocenters. The molecule has 0 fully saturated rings. The fourth-order valence-corrected chi connectivity index (χ4v) is 26.3. The Morgan fingerprint density at radius 3 is 0.585 bits per heavy atom. The number of benzene rings is 21. The van der Waals surface area contributed by atoms with Gasteiger partial charge in [-0.1, -0.05) is 302 Å². The third kappa shape index (κ3) is 12.1. The van der Waals surface area contributed by atoms with Gasteiger partial charge in [-0.2, -0.15) is 0 Å². The molecule has 31 rings (SSSR count). The maximum absolute atomic E-state index is 5.60. The van der Waals surface area contributed by atoms with E-state index in [1.807, 2.05) is 0 Å². The molecule has 8 nitrogen and oxygen atoms in total. The Labute approximate surface area is 849 Å². The van der Waals surface area contributed by atoms with E-state index in [0.29, 0.717) is 5.82 Å². The van der Waals surface area contributed by atoms with Crippen molar-refractivity contribution in [3.63, 3.8) is 0 Å². The zero-order valence-electron chi connectivity index (χ0n) is 82.0. The van der Waals surface area contributed by atoms with Gasteiger partial charge >= 0.3 is 0 Å². The van der Waals surface area contributed by atoms with Gasteiger partial charge in [-0.3, -0.25) is 0 Å². The number of nitrogens with zero attached hydrogens (tertiary/aromatic N) is 8. The van der Waals surface area contributed by atoms with Crippen molar-refractivity contribution in [3.8, 4) is 135 Å². The van der Waals surface area contributed by atoms with Crippen molar-refractivity contribution in [2.45, 2.75) is 57.8 Å². The van der Waals surface area contributed by atoms with Gasteiger partial charge in [0.15, 0.2) is 5.82 Å². The van der Waals surface area contributed by atoms with Crippen LogP contribution >= 0.6 is 0 Å². The fourth-order valence-electron chi connectivity index (χ4n) is 26.3. The number of rotatable bonds is 12. The summed E-state index contributed by atoms with van der Waals surface area (Å²) < 4.78 is 14.6. The predicted octanol–water partition coefficient (Wildman–Crippen LogP) is 36.0. The highest BCUT2D eigenvalue weighted by molar-refractivity contribution is 6.18. The van der Waals surface area contributed by atoms with Gasteiger partial charge in [-0.25, -0.2) is 9.97 Å². The summed E-state index contributed by atoms with van der Waals surface area (Å²) in [6.45, 7) is 14.2. The Morgan fingerprint density at radius 1 is 0.143 bits per heavy atom. The van der Waals surface area contributed by atoms with Crippen molar-refractivity contribution in [2.24, 2.45) is 0 Å². The van der Waals surface area contributed by atoms with Gasteiger partial charge < -0.3 is 27.4 Å². The standard InChI is InChI=1S/C139H94N8/c1-137(2)116-34-16-7-25-98(116)101-64-61-95(79-119(101)137)145-127-40-22-13-31-107(127)113-76-89(52-70-133(113)145)86-49-67-130-110(73-86)104-28-10-19-37-124(104)142(130)92-55-43-83(44-56-92)122-82-123(84-45-57-93(58-46-84)143-125-38-20-11-29-105(125)111-74-87(50-68-131(111)143)90-53-71-134-114(77-90)108-32-14-23-41-128(108)146(134)96-62-65-102-99-26-8-17-35-117(99)138(3,4)120(102)80-96)141-136(140-122)85-47-59-94(60-48-85)144-126-39-21-12-30-106(126)112-75-88(51-69-132(112)144)91-54-72-135-115(78-91)109-33-15-24-42-129(109)147(135)97-63-66-103-100-27-9-18-36-118(100)139(5,6)121(103)81-97/h7-82H,1-6H3. The van der Waals surface area contributed by atoms with Crippen LogP contribution in [0.15, 0.2) is 461 Å². The van der Waals surface area contributed by atoms with E-state index in [0.717, 1.165) is 78.2 Å². The van der Waals surface area contributed by atoms with Crippen molar-refractivity contribution in [1.82, 2.24) is 37.4 Å². The van der Waals surface area contributed by atoms with Crippen molar-refractivity contribution < 1.29 is 0 Å². The zero-order valence-corrected chi connectivity index (χ0v) is 82.0. The molecule has 0 bridgehead atoms. The first-order valence-electron chi connectivity index (χ1n) is 51.3. The molecule has 0 N–H and O–H groups in total. The SMILES string of the molecule is CC1(C)c2ccccc2-c2ccc(-n3c4ccccc4c4cc(-c5ccc6c(c5)c5ccccc5n6-c5ccc(-c6cc(-c7ccc(-n8c9ccccc9c9cc(-c%10ccc%11c(c%10)c%10ccccc%10n%11-c%10ccc%11c(c%10)C(C)(C)c%10ccccc%10-%11)ccc98)cc7)nc(-c7ccc(-n8c9ccccc9c9cc(-c%10ccc%11c(c%10)c%10ccccc%10n%11-c%10ccc%11c(c%10)C(C)(C)c%10ccccc%10-%11)ccc98)cc7)n6)cc5)ccc43)cc21. The Kier molecular flexibility index (Phi) is 17.4. The molecule has 0 spiro atoms. The molecule has 7 aromatic heterocycles. The van der Waals surface area contributed by atoms with E-state index in [2.05, 4.69) is 530 Å². The van der Waals surface area contributed by atoms with E-state index in [-0.39, 0.29) is 16.2 Å². The molecule has 3 aliphatic carbocycles. The average Bonchev–Trinajstić information content (AvgIpc) is 1.56. The van der Waals surface area contributed by atoms with E-state index in [1.54, 1.807) is 0 Å². The van der Waals surface area contributed by atoms with Gasteiger partial charge in [-0.05, 0) is 300 Å². The van der Waals surface area contributed by atoms with E-state index in [4.69, 9.17) is 9.97 Å². The number of aromatic nitrogens is 8. The molecule has 0 saturated heterocycles. The van der Waals surface area contributed by atoms with E-state index in [9.17, 15) is 0 Å². The van der Waals surface area contributed by atoms with Gasteiger partial charge in [0.1, 0.15) is 0 Å². The van der Waals surface area contributed by atoms with Crippen LogP contribution in [0.1, 0.15) is 74.9 Å². The summed E-state index contributed by atoms with van der Waals surface area (Å²) in [5.41, 5.74) is 48.0. The highest BCUT2D eigenvalue weighted by Crippen LogP contribution is 2.55. The molecule has 0 aliphatic heterocycles. The predicted molar refractivity (Wildman–Crippen MR) is 613 cm³/mol. The lowest BCUT2D eigenvalue weighted by Gasteiger charge is -2.22. The van der Waals surface area contributed by atoms with Crippen LogP contribution in [0, 0.1) is 0 Å². The van der Waals surface area contributed by atoms with Crippen LogP contribution in [-0.2, 0) is 16.2 Å². The molecule has 8 heteroatoms. The van der Waals surface area contributed by atoms with E-state index >= 15 is 0 Å². The summed E-state index contributed by atoms with van der Waals surface area (Å²) in [7, 11) is 0. The molecule has 7 heterocycles. The molecular formula is C139H94N8. The third-order valence-electron chi connectivity index (χ3n) is 33.5. The minimum Gasteiger partial charge on any atom is -0.309 e.